The van der Waals surface area contributed by atoms with Gasteiger partial charge in [-0.1, -0.05) is 22.0 Å². The molecule has 0 aromatic carbocycles. The molecule has 0 aromatic rings. The van der Waals surface area contributed by atoms with Crippen LogP contribution in [0.5, 0.6) is 0 Å². The Morgan fingerprint density at radius 3 is 2.70 bits per heavy atom. The lowest BCUT2D eigenvalue weighted by molar-refractivity contribution is 0.429. The van der Waals surface area contributed by atoms with Crippen LogP contribution in [0, 0.1) is 0 Å². The minimum absolute atomic E-state index is 0.352. The second-order valence-corrected chi connectivity index (χ2v) is 3.04. The minimum Gasteiger partial charge on any atom is -0.508 e. The molecule has 0 atom stereocenters. The van der Waals surface area contributed by atoms with E-state index in [9.17, 15) is 0 Å². The van der Waals surface area contributed by atoms with Crippen LogP contribution < -0.4 is 0 Å². The lowest BCUT2D eigenvalue weighted by Gasteiger charge is -1.96. The van der Waals surface area contributed by atoms with Crippen molar-refractivity contribution in [2.24, 2.45) is 0 Å². The van der Waals surface area contributed by atoms with Gasteiger partial charge in [-0.25, -0.2) is 0 Å². The average molecular weight is 201 g/mol. The summed E-state index contributed by atoms with van der Waals surface area (Å²) in [5, 5.41) is 9.06. The Balaban J connectivity index is 2.73. The molecular formula is C8H9BrO. The third kappa shape index (κ3) is 2.40. The molecule has 0 fully saturated rings. The Morgan fingerprint density at radius 1 is 1.20 bits per heavy atom. The summed E-state index contributed by atoms with van der Waals surface area (Å²) in [6.07, 6.45) is 9.30. The van der Waals surface area contributed by atoms with Crippen LogP contribution in [0.3, 0.4) is 0 Å². The highest BCUT2D eigenvalue weighted by Gasteiger charge is 1.91. The van der Waals surface area contributed by atoms with Crippen molar-refractivity contribution >= 4 is 15.9 Å². The fourth-order valence-electron chi connectivity index (χ4n) is 0.754. The van der Waals surface area contributed by atoms with E-state index >= 15 is 0 Å². The molecule has 1 aliphatic rings. The standard InChI is InChI=1S/C8H9BrO/c9-7-3-1-2-4-8(10)6-5-7/h3-6,10H,1-2H2/b6-5?,7-3-,8-4?. The molecule has 0 aromatic heterocycles. The zero-order chi connectivity index (χ0) is 7.40. The maximum Gasteiger partial charge on any atom is 0.111 e. The van der Waals surface area contributed by atoms with Crippen molar-refractivity contribution in [3.8, 4) is 0 Å². The molecule has 0 saturated heterocycles. The topological polar surface area (TPSA) is 20.2 Å². The SMILES string of the molecule is OC1=CCC/C=C(\Br)C=C1. The summed E-state index contributed by atoms with van der Waals surface area (Å²) in [7, 11) is 0. The summed E-state index contributed by atoms with van der Waals surface area (Å²) < 4.78 is 1.03. The van der Waals surface area contributed by atoms with Crippen molar-refractivity contribution in [3.05, 3.63) is 34.5 Å². The van der Waals surface area contributed by atoms with Gasteiger partial charge in [0.15, 0.2) is 0 Å². The molecule has 0 amide bonds. The van der Waals surface area contributed by atoms with E-state index in [0.29, 0.717) is 5.76 Å². The first kappa shape index (κ1) is 7.61. The Bertz CT molecular complexity index is 179. The van der Waals surface area contributed by atoms with E-state index in [0.717, 1.165) is 17.3 Å². The van der Waals surface area contributed by atoms with Gasteiger partial charge in [0, 0.05) is 4.48 Å². The second-order valence-electron chi connectivity index (χ2n) is 2.13. The Morgan fingerprint density at radius 2 is 1.90 bits per heavy atom. The molecule has 1 N–H and O–H groups in total. The van der Waals surface area contributed by atoms with E-state index in [4.69, 9.17) is 5.11 Å². The first-order valence-electron chi connectivity index (χ1n) is 3.22. The number of rotatable bonds is 0. The summed E-state index contributed by atoms with van der Waals surface area (Å²) in [6.45, 7) is 0. The molecule has 0 aliphatic heterocycles. The van der Waals surface area contributed by atoms with Gasteiger partial charge in [0.05, 0.1) is 0 Å². The predicted octanol–water partition coefficient (Wildman–Crippen LogP) is 3.06. The molecular weight excluding hydrogens is 192 g/mol. The first-order chi connectivity index (χ1) is 4.79. The smallest absolute Gasteiger partial charge is 0.111 e. The summed E-state index contributed by atoms with van der Waals surface area (Å²) in [5.41, 5.74) is 0. The second kappa shape index (κ2) is 3.62. The number of hydrogen-bond donors (Lipinski definition) is 1. The van der Waals surface area contributed by atoms with Gasteiger partial charge in [-0.15, -0.1) is 0 Å². The van der Waals surface area contributed by atoms with Crippen molar-refractivity contribution in [1.29, 1.82) is 0 Å². The van der Waals surface area contributed by atoms with Crippen molar-refractivity contribution in [3.63, 3.8) is 0 Å². The van der Waals surface area contributed by atoms with Crippen LogP contribution >= 0.6 is 15.9 Å². The van der Waals surface area contributed by atoms with E-state index in [1.165, 1.54) is 0 Å². The van der Waals surface area contributed by atoms with E-state index in [-0.39, 0.29) is 0 Å². The van der Waals surface area contributed by atoms with Gasteiger partial charge in [-0.2, -0.15) is 0 Å². The van der Waals surface area contributed by atoms with Gasteiger partial charge >= 0.3 is 0 Å². The van der Waals surface area contributed by atoms with Gasteiger partial charge in [-0.05, 0) is 31.1 Å². The van der Waals surface area contributed by atoms with Gasteiger partial charge in [-0.3, -0.25) is 0 Å². The van der Waals surface area contributed by atoms with Crippen LogP contribution in [0.2, 0.25) is 0 Å². The molecule has 1 rings (SSSR count). The molecule has 54 valence electrons. The molecule has 2 heteroatoms. The van der Waals surface area contributed by atoms with Crippen molar-refractivity contribution in [2.75, 3.05) is 0 Å². The molecule has 0 heterocycles. The van der Waals surface area contributed by atoms with Crippen LogP contribution in [-0.4, -0.2) is 5.11 Å². The number of halogens is 1. The zero-order valence-corrected chi connectivity index (χ0v) is 7.13. The van der Waals surface area contributed by atoms with Crippen molar-refractivity contribution in [2.45, 2.75) is 12.8 Å². The third-order valence-corrected chi connectivity index (χ3v) is 1.86. The van der Waals surface area contributed by atoms with E-state index in [2.05, 4.69) is 22.0 Å². The molecule has 1 aliphatic carbocycles. The highest BCUT2D eigenvalue weighted by molar-refractivity contribution is 9.11. The summed E-state index contributed by atoms with van der Waals surface area (Å²) >= 11 is 3.34. The normalized spacial score (nSPS) is 24.1. The van der Waals surface area contributed by atoms with Crippen LogP contribution in [0.15, 0.2) is 34.5 Å². The van der Waals surface area contributed by atoms with Crippen LogP contribution in [0.1, 0.15) is 12.8 Å². The number of aliphatic hydroxyl groups is 1. The van der Waals surface area contributed by atoms with Gasteiger partial charge < -0.3 is 5.11 Å². The van der Waals surface area contributed by atoms with E-state index in [1.807, 2.05) is 12.2 Å². The fourth-order valence-corrected chi connectivity index (χ4v) is 1.11. The quantitative estimate of drug-likeness (QED) is 0.638. The highest BCUT2D eigenvalue weighted by Crippen LogP contribution is 2.13. The van der Waals surface area contributed by atoms with Crippen molar-refractivity contribution < 1.29 is 5.11 Å². The molecule has 10 heavy (non-hydrogen) atoms. The fraction of sp³-hybridized carbons (Fsp3) is 0.250. The van der Waals surface area contributed by atoms with E-state index in [1.54, 1.807) is 6.08 Å². The monoisotopic (exact) mass is 200 g/mol. The lowest BCUT2D eigenvalue weighted by atomic mass is 10.2. The minimum atomic E-state index is 0.352. The maximum atomic E-state index is 9.06. The summed E-state index contributed by atoms with van der Waals surface area (Å²) in [5.74, 6) is 0.352. The third-order valence-electron chi connectivity index (χ3n) is 1.27. The first-order valence-corrected chi connectivity index (χ1v) is 4.01. The largest absolute Gasteiger partial charge is 0.508 e. The van der Waals surface area contributed by atoms with E-state index < -0.39 is 0 Å². The predicted molar refractivity (Wildman–Crippen MR) is 46.1 cm³/mol. The maximum absolute atomic E-state index is 9.06. The Labute approximate surface area is 68.9 Å². The molecule has 0 unspecified atom stereocenters. The van der Waals surface area contributed by atoms with Gasteiger partial charge in [0.1, 0.15) is 5.76 Å². The van der Waals surface area contributed by atoms with Gasteiger partial charge in [0.2, 0.25) is 0 Å². The molecule has 0 radical (unpaired) electrons. The molecule has 0 bridgehead atoms. The number of hydrogen-bond acceptors (Lipinski definition) is 1. The van der Waals surface area contributed by atoms with Crippen LogP contribution in [0.25, 0.3) is 0 Å². The van der Waals surface area contributed by atoms with Crippen LogP contribution in [-0.2, 0) is 0 Å². The van der Waals surface area contributed by atoms with Crippen LogP contribution in [0.4, 0.5) is 0 Å². The zero-order valence-electron chi connectivity index (χ0n) is 5.55. The highest BCUT2D eigenvalue weighted by atomic mass is 79.9. The number of aliphatic hydroxyl groups excluding tert-OH is 1. The average Bonchev–Trinajstić information content (AvgIpc) is 1.90. The Kier molecular flexibility index (Phi) is 2.75. The molecule has 0 spiro atoms. The summed E-state index contributed by atoms with van der Waals surface area (Å²) in [4.78, 5) is 0. The molecule has 0 saturated carbocycles. The van der Waals surface area contributed by atoms with Gasteiger partial charge in [0.25, 0.3) is 0 Å². The summed E-state index contributed by atoms with van der Waals surface area (Å²) in [6, 6.07) is 0. The number of allylic oxidation sites excluding steroid dienone is 5. The Hall–Kier alpha value is -0.500. The lowest BCUT2D eigenvalue weighted by Crippen LogP contribution is -1.78. The van der Waals surface area contributed by atoms with Crippen molar-refractivity contribution in [1.82, 2.24) is 0 Å². The molecule has 1 nitrogen and oxygen atoms in total.